The molecule has 2 aliphatic rings. The average molecular weight is 184 g/mol. The summed E-state index contributed by atoms with van der Waals surface area (Å²) in [5.74, 6) is -1.11. The molecule has 4 nitrogen and oxygen atoms in total. The molecule has 0 bridgehead atoms. The summed E-state index contributed by atoms with van der Waals surface area (Å²) in [5, 5.41) is 0. The Morgan fingerprint density at radius 1 is 1.38 bits per heavy atom. The van der Waals surface area contributed by atoms with Crippen LogP contribution in [0.5, 0.6) is 0 Å². The Labute approximate surface area is 76.5 Å². The van der Waals surface area contributed by atoms with Crippen LogP contribution in [-0.4, -0.2) is 18.9 Å². The molecule has 72 valence electrons. The summed E-state index contributed by atoms with van der Waals surface area (Å²) in [4.78, 5) is 11.5. The first-order valence-electron chi connectivity index (χ1n) is 4.24. The molecule has 0 spiro atoms. The predicted molar refractivity (Wildman–Crippen MR) is 43.4 cm³/mol. The topological polar surface area (TPSA) is 44.8 Å². The molecule has 1 saturated carbocycles. The van der Waals surface area contributed by atoms with E-state index in [9.17, 15) is 4.79 Å². The molecule has 0 saturated heterocycles. The van der Waals surface area contributed by atoms with Gasteiger partial charge in [-0.3, -0.25) is 4.79 Å². The van der Waals surface area contributed by atoms with Crippen LogP contribution >= 0.6 is 0 Å². The third-order valence-electron chi connectivity index (χ3n) is 2.84. The predicted octanol–water partition coefficient (Wildman–Crippen LogP) is 1.17. The van der Waals surface area contributed by atoms with Gasteiger partial charge in [-0.1, -0.05) is 0 Å². The molecule has 13 heavy (non-hydrogen) atoms. The van der Waals surface area contributed by atoms with Crippen LogP contribution < -0.4 is 0 Å². The lowest BCUT2D eigenvalue weighted by Crippen LogP contribution is -2.43. The van der Waals surface area contributed by atoms with Crippen LogP contribution in [0.3, 0.4) is 0 Å². The van der Waals surface area contributed by atoms with Gasteiger partial charge >= 0.3 is 5.97 Å². The van der Waals surface area contributed by atoms with Crippen LogP contribution in [-0.2, 0) is 19.0 Å². The number of carbonyl (C=O) groups excluding carboxylic acids is 1. The third-order valence-corrected chi connectivity index (χ3v) is 2.84. The average Bonchev–Trinajstić information content (AvgIpc) is 2.85. The van der Waals surface area contributed by atoms with Crippen molar-refractivity contribution in [2.75, 3.05) is 7.11 Å². The van der Waals surface area contributed by atoms with Gasteiger partial charge in [-0.05, 0) is 12.8 Å². The smallest absolute Gasteiger partial charge is 0.319 e. The van der Waals surface area contributed by atoms with E-state index in [1.807, 2.05) is 0 Å². The molecule has 1 aliphatic heterocycles. The van der Waals surface area contributed by atoms with E-state index in [0.29, 0.717) is 0 Å². The van der Waals surface area contributed by atoms with Crippen molar-refractivity contribution in [1.82, 2.24) is 0 Å². The highest BCUT2D eigenvalue weighted by atomic mass is 16.7. The van der Waals surface area contributed by atoms with Crippen molar-refractivity contribution in [3.8, 4) is 0 Å². The normalized spacial score (nSPS) is 26.0. The lowest BCUT2D eigenvalue weighted by Gasteiger charge is -2.30. The van der Waals surface area contributed by atoms with Gasteiger partial charge < -0.3 is 14.2 Å². The molecule has 1 aliphatic carbocycles. The fourth-order valence-corrected chi connectivity index (χ4v) is 1.73. The molecule has 0 N–H and O–H groups in total. The second-order valence-electron chi connectivity index (χ2n) is 3.53. The second-order valence-corrected chi connectivity index (χ2v) is 3.53. The quantitative estimate of drug-likeness (QED) is 0.604. The molecule has 0 unspecified atom stereocenters. The van der Waals surface area contributed by atoms with Gasteiger partial charge in [-0.15, -0.1) is 0 Å². The maximum Gasteiger partial charge on any atom is 0.319 e. The van der Waals surface area contributed by atoms with E-state index < -0.39 is 11.2 Å². The van der Waals surface area contributed by atoms with E-state index in [0.717, 1.165) is 12.8 Å². The highest BCUT2D eigenvalue weighted by molar-refractivity contribution is 5.81. The molecule has 0 aromatic rings. The number of hydrogen-bond donors (Lipinski definition) is 0. The molecule has 0 atom stereocenters. The zero-order valence-electron chi connectivity index (χ0n) is 7.70. The van der Waals surface area contributed by atoms with Gasteiger partial charge in [-0.25, -0.2) is 0 Å². The highest BCUT2D eigenvalue weighted by Gasteiger charge is 2.67. The summed E-state index contributed by atoms with van der Waals surface area (Å²) < 4.78 is 15.3. The van der Waals surface area contributed by atoms with Gasteiger partial charge in [0.05, 0.1) is 7.11 Å². The number of carbonyl (C=O) groups is 1. The highest BCUT2D eigenvalue weighted by Crippen LogP contribution is 2.58. The van der Waals surface area contributed by atoms with Gasteiger partial charge in [0.25, 0.3) is 5.79 Å². The Bertz CT molecular complexity index is 257. The Balaban J connectivity index is 2.19. The number of esters is 1. The first-order chi connectivity index (χ1) is 6.15. The Kier molecular flexibility index (Phi) is 1.55. The minimum Gasteiger partial charge on any atom is -0.468 e. The van der Waals surface area contributed by atoms with E-state index in [2.05, 4.69) is 0 Å². The maximum atomic E-state index is 11.5. The summed E-state index contributed by atoms with van der Waals surface area (Å²) in [6.45, 7) is 1.76. The number of hydrogen-bond acceptors (Lipinski definition) is 4. The molecule has 1 fully saturated rings. The third kappa shape index (κ3) is 0.944. The van der Waals surface area contributed by atoms with Crippen LogP contribution in [0.15, 0.2) is 12.5 Å². The van der Waals surface area contributed by atoms with E-state index >= 15 is 0 Å². The molecule has 1 heterocycles. The fourth-order valence-electron chi connectivity index (χ4n) is 1.73. The van der Waals surface area contributed by atoms with Gasteiger partial charge in [0, 0.05) is 6.92 Å². The summed E-state index contributed by atoms with van der Waals surface area (Å²) >= 11 is 0. The van der Waals surface area contributed by atoms with Crippen LogP contribution in [0.25, 0.3) is 0 Å². The molecule has 0 radical (unpaired) electrons. The summed E-state index contributed by atoms with van der Waals surface area (Å²) in [6.07, 6.45) is 4.45. The van der Waals surface area contributed by atoms with Crippen LogP contribution in [0.2, 0.25) is 0 Å². The van der Waals surface area contributed by atoms with E-state index in [1.54, 1.807) is 6.92 Å². The van der Waals surface area contributed by atoms with Gasteiger partial charge in [-0.2, -0.15) is 0 Å². The van der Waals surface area contributed by atoms with Crippen LogP contribution in [0, 0.1) is 5.41 Å². The van der Waals surface area contributed by atoms with Crippen molar-refractivity contribution in [3.05, 3.63) is 12.5 Å². The number of ether oxygens (including phenoxy) is 3. The second kappa shape index (κ2) is 2.40. The van der Waals surface area contributed by atoms with Gasteiger partial charge in [0.1, 0.15) is 17.9 Å². The van der Waals surface area contributed by atoms with Gasteiger partial charge in [0.2, 0.25) is 0 Å². The van der Waals surface area contributed by atoms with E-state index in [-0.39, 0.29) is 5.97 Å². The van der Waals surface area contributed by atoms with Crippen LogP contribution in [0.1, 0.15) is 19.8 Å². The molecular weight excluding hydrogens is 172 g/mol. The van der Waals surface area contributed by atoms with Crippen molar-refractivity contribution in [3.63, 3.8) is 0 Å². The summed E-state index contributed by atoms with van der Waals surface area (Å²) in [6, 6.07) is 0. The zero-order valence-corrected chi connectivity index (χ0v) is 7.70. The fraction of sp³-hybridized carbons (Fsp3) is 0.667. The van der Waals surface area contributed by atoms with Crippen molar-refractivity contribution < 1.29 is 19.0 Å². The minimum absolute atomic E-state index is 0.251. The number of rotatable bonds is 2. The molecule has 4 heteroatoms. The first kappa shape index (κ1) is 8.41. The minimum atomic E-state index is -0.861. The van der Waals surface area contributed by atoms with Crippen LogP contribution in [0.4, 0.5) is 0 Å². The van der Waals surface area contributed by atoms with Gasteiger partial charge in [0.15, 0.2) is 0 Å². The van der Waals surface area contributed by atoms with Crippen molar-refractivity contribution in [1.29, 1.82) is 0 Å². The first-order valence-corrected chi connectivity index (χ1v) is 4.24. The lowest BCUT2D eigenvalue weighted by molar-refractivity contribution is -0.199. The molecule has 0 aromatic heterocycles. The zero-order chi connectivity index (χ0) is 9.53. The van der Waals surface area contributed by atoms with Crippen molar-refractivity contribution in [2.24, 2.45) is 5.41 Å². The molecular formula is C9H12O4. The Hall–Kier alpha value is -1.19. The monoisotopic (exact) mass is 184 g/mol. The molecule has 0 amide bonds. The van der Waals surface area contributed by atoms with Crippen molar-refractivity contribution >= 4 is 5.97 Å². The Morgan fingerprint density at radius 2 is 1.92 bits per heavy atom. The maximum absolute atomic E-state index is 11.5. The van der Waals surface area contributed by atoms with E-state index in [1.165, 1.54) is 19.6 Å². The van der Waals surface area contributed by atoms with Crippen molar-refractivity contribution in [2.45, 2.75) is 25.6 Å². The largest absolute Gasteiger partial charge is 0.468 e. The SMILES string of the molecule is COC(=O)C1(C2(C)OC=CO2)CC1. The molecule has 2 rings (SSSR count). The Morgan fingerprint density at radius 3 is 2.31 bits per heavy atom. The lowest BCUT2D eigenvalue weighted by atomic mass is 9.97. The standard InChI is InChI=1S/C9H12O4/c1-8(12-5-6-13-8)9(3-4-9)7(10)11-2/h5-6H,3-4H2,1-2H3. The summed E-state index contributed by atoms with van der Waals surface area (Å²) in [7, 11) is 1.38. The summed E-state index contributed by atoms with van der Waals surface area (Å²) in [5.41, 5.74) is -0.592. The number of methoxy groups -OCH3 is 1. The molecule has 0 aromatic carbocycles. The van der Waals surface area contributed by atoms with E-state index in [4.69, 9.17) is 14.2 Å².